The molecule has 1 atom stereocenters. The van der Waals surface area contributed by atoms with Gasteiger partial charge in [0.15, 0.2) is 5.82 Å². The summed E-state index contributed by atoms with van der Waals surface area (Å²) in [5.74, 6) is 1.34. The molecule has 3 aromatic rings. The zero-order valence-electron chi connectivity index (χ0n) is 16.3. The fourth-order valence-corrected chi connectivity index (χ4v) is 4.18. The number of aromatic nitrogens is 4. The SMILES string of the molecule is O=C1CC(c2cnc(N3CCCCC3)nc2)c2cn(Cc3ccccc3)nc2N1. The average molecular weight is 388 g/mol. The highest BCUT2D eigenvalue weighted by Gasteiger charge is 2.30. The second kappa shape index (κ2) is 7.66. The van der Waals surface area contributed by atoms with Gasteiger partial charge in [-0.2, -0.15) is 5.10 Å². The number of rotatable bonds is 4. The minimum atomic E-state index is -0.0707. The van der Waals surface area contributed by atoms with Gasteiger partial charge in [-0.05, 0) is 30.4 Å². The number of carbonyl (C=O) groups is 1. The van der Waals surface area contributed by atoms with E-state index >= 15 is 0 Å². The van der Waals surface area contributed by atoms with Crippen molar-refractivity contribution in [1.82, 2.24) is 19.7 Å². The molecular formula is C22H24N6O. The Bertz CT molecular complexity index is 992. The molecule has 1 amide bonds. The lowest BCUT2D eigenvalue weighted by molar-refractivity contribution is -0.116. The van der Waals surface area contributed by atoms with Crippen molar-refractivity contribution in [1.29, 1.82) is 0 Å². The number of hydrogen-bond acceptors (Lipinski definition) is 5. The van der Waals surface area contributed by atoms with Gasteiger partial charge in [-0.3, -0.25) is 9.48 Å². The molecule has 2 aliphatic heterocycles. The highest BCUT2D eigenvalue weighted by Crippen LogP contribution is 2.36. The number of nitrogens with one attached hydrogen (secondary N) is 1. The Hall–Kier alpha value is -3.22. The van der Waals surface area contributed by atoms with E-state index in [-0.39, 0.29) is 11.8 Å². The molecule has 5 rings (SSSR count). The normalized spacial score (nSPS) is 19.0. The van der Waals surface area contributed by atoms with Crippen molar-refractivity contribution in [2.24, 2.45) is 0 Å². The second-order valence-corrected chi connectivity index (χ2v) is 7.79. The Kier molecular flexibility index (Phi) is 4.71. The molecule has 2 aliphatic rings. The zero-order valence-corrected chi connectivity index (χ0v) is 16.3. The third kappa shape index (κ3) is 3.72. The summed E-state index contributed by atoms with van der Waals surface area (Å²) in [5, 5.41) is 7.51. The first kappa shape index (κ1) is 17.8. The lowest BCUT2D eigenvalue weighted by Gasteiger charge is -2.27. The van der Waals surface area contributed by atoms with Crippen LogP contribution < -0.4 is 10.2 Å². The Labute approximate surface area is 169 Å². The summed E-state index contributed by atoms with van der Waals surface area (Å²) in [6, 6.07) is 10.2. The summed E-state index contributed by atoms with van der Waals surface area (Å²) in [5.41, 5.74) is 3.15. The van der Waals surface area contributed by atoms with E-state index in [2.05, 4.69) is 37.4 Å². The van der Waals surface area contributed by atoms with Gasteiger partial charge in [0.05, 0.1) is 6.54 Å². The quantitative estimate of drug-likeness (QED) is 0.743. The van der Waals surface area contributed by atoms with Crippen molar-refractivity contribution >= 4 is 17.7 Å². The second-order valence-electron chi connectivity index (χ2n) is 7.79. The number of amides is 1. The number of carbonyl (C=O) groups excluding carboxylic acids is 1. The molecule has 148 valence electrons. The van der Waals surface area contributed by atoms with Crippen LogP contribution in [0.15, 0.2) is 48.9 Å². The number of hydrogen-bond donors (Lipinski definition) is 1. The Balaban J connectivity index is 1.40. The standard InChI is InChI=1S/C22H24N6O/c29-20-11-18(17-12-23-22(24-13-17)27-9-5-2-6-10-27)19-15-28(26-21(19)25-20)14-16-7-3-1-4-8-16/h1,3-4,7-8,12-13,15,18H,2,5-6,9-11,14H2,(H,25,26,29). The maximum absolute atomic E-state index is 12.3. The summed E-state index contributed by atoms with van der Waals surface area (Å²) in [6.07, 6.45) is 9.83. The molecule has 29 heavy (non-hydrogen) atoms. The third-order valence-corrected chi connectivity index (χ3v) is 5.70. The van der Waals surface area contributed by atoms with Crippen LogP contribution >= 0.6 is 0 Å². The van der Waals surface area contributed by atoms with E-state index in [1.807, 2.05) is 41.5 Å². The first-order chi connectivity index (χ1) is 14.3. The van der Waals surface area contributed by atoms with Gasteiger partial charge < -0.3 is 10.2 Å². The van der Waals surface area contributed by atoms with Crippen LogP contribution in [0.25, 0.3) is 0 Å². The minimum absolute atomic E-state index is 0.0208. The first-order valence-electron chi connectivity index (χ1n) is 10.2. The smallest absolute Gasteiger partial charge is 0.226 e. The molecular weight excluding hydrogens is 364 g/mol. The van der Waals surface area contributed by atoms with Crippen LogP contribution in [-0.4, -0.2) is 38.7 Å². The summed E-state index contributed by atoms with van der Waals surface area (Å²) in [7, 11) is 0. The van der Waals surface area contributed by atoms with E-state index in [9.17, 15) is 4.79 Å². The third-order valence-electron chi connectivity index (χ3n) is 5.70. The van der Waals surface area contributed by atoms with Gasteiger partial charge >= 0.3 is 0 Å². The first-order valence-corrected chi connectivity index (χ1v) is 10.2. The molecule has 1 saturated heterocycles. The highest BCUT2D eigenvalue weighted by molar-refractivity contribution is 5.94. The van der Waals surface area contributed by atoms with Gasteiger partial charge in [0.25, 0.3) is 0 Å². The summed E-state index contributed by atoms with van der Waals surface area (Å²) in [4.78, 5) is 23.7. The lowest BCUT2D eigenvalue weighted by atomic mass is 9.89. The summed E-state index contributed by atoms with van der Waals surface area (Å²) >= 11 is 0. The fraction of sp³-hybridized carbons (Fsp3) is 0.364. The highest BCUT2D eigenvalue weighted by atomic mass is 16.1. The molecule has 4 heterocycles. The van der Waals surface area contributed by atoms with Crippen molar-refractivity contribution in [3.8, 4) is 0 Å². The maximum Gasteiger partial charge on any atom is 0.226 e. The topological polar surface area (TPSA) is 75.9 Å². The molecule has 1 N–H and O–H groups in total. The largest absolute Gasteiger partial charge is 0.341 e. The molecule has 7 heteroatoms. The van der Waals surface area contributed by atoms with E-state index in [0.717, 1.165) is 30.2 Å². The Morgan fingerprint density at radius 1 is 1.03 bits per heavy atom. The van der Waals surface area contributed by atoms with Crippen molar-refractivity contribution in [2.45, 2.75) is 38.1 Å². The maximum atomic E-state index is 12.3. The molecule has 0 radical (unpaired) electrons. The fourth-order valence-electron chi connectivity index (χ4n) is 4.18. The van der Waals surface area contributed by atoms with E-state index in [1.165, 1.54) is 24.8 Å². The molecule has 0 aliphatic carbocycles. The zero-order chi connectivity index (χ0) is 19.6. The molecule has 0 spiro atoms. The van der Waals surface area contributed by atoms with Crippen LogP contribution in [0.1, 0.15) is 48.3 Å². The number of anilines is 2. The lowest BCUT2D eigenvalue weighted by Crippen LogP contribution is -2.31. The van der Waals surface area contributed by atoms with Crippen LogP contribution in [0.4, 0.5) is 11.8 Å². The molecule has 0 saturated carbocycles. The molecule has 1 fully saturated rings. The number of piperidine rings is 1. The van der Waals surface area contributed by atoms with Gasteiger partial charge in [-0.15, -0.1) is 0 Å². The number of fused-ring (bicyclic) bond motifs is 1. The predicted octanol–water partition coefficient (Wildman–Crippen LogP) is 3.19. The molecule has 7 nitrogen and oxygen atoms in total. The molecule has 0 bridgehead atoms. The van der Waals surface area contributed by atoms with Gasteiger partial charge in [0.1, 0.15) is 0 Å². The van der Waals surface area contributed by atoms with Crippen molar-refractivity contribution in [3.05, 3.63) is 65.6 Å². The average Bonchev–Trinajstić information content (AvgIpc) is 3.16. The number of benzene rings is 1. The van der Waals surface area contributed by atoms with Crippen molar-refractivity contribution in [3.63, 3.8) is 0 Å². The minimum Gasteiger partial charge on any atom is -0.341 e. The Morgan fingerprint density at radius 2 is 1.79 bits per heavy atom. The van der Waals surface area contributed by atoms with E-state index in [0.29, 0.717) is 18.8 Å². The van der Waals surface area contributed by atoms with Crippen LogP contribution in [0.5, 0.6) is 0 Å². The molecule has 2 aromatic heterocycles. The van der Waals surface area contributed by atoms with Gasteiger partial charge in [0.2, 0.25) is 11.9 Å². The van der Waals surface area contributed by atoms with Gasteiger partial charge in [-0.1, -0.05) is 30.3 Å². The van der Waals surface area contributed by atoms with Crippen LogP contribution in [-0.2, 0) is 11.3 Å². The monoisotopic (exact) mass is 388 g/mol. The van der Waals surface area contributed by atoms with Crippen LogP contribution in [0, 0.1) is 0 Å². The van der Waals surface area contributed by atoms with E-state index in [4.69, 9.17) is 0 Å². The van der Waals surface area contributed by atoms with Gasteiger partial charge in [0, 0.05) is 49.6 Å². The molecule has 1 unspecified atom stereocenters. The summed E-state index contributed by atoms with van der Waals surface area (Å²) in [6.45, 7) is 2.70. The van der Waals surface area contributed by atoms with Crippen molar-refractivity contribution < 1.29 is 4.79 Å². The van der Waals surface area contributed by atoms with E-state index < -0.39 is 0 Å². The number of nitrogens with zero attached hydrogens (tertiary/aromatic N) is 5. The van der Waals surface area contributed by atoms with Crippen LogP contribution in [0.3, 0.4) is 0 Å². The predicted molar refractivity (Wildman–Crippen MR) is 111 cm³/mol. The van der Waals surface area contributed by atoms with E-state index in [1.54, 1.807) is 0 Å². The summed E-state index contributed by atoms with van der Waals surface area (Å²) < 4.78 is 1.89. The van der Waals surface area contributed by atoms with Crippen molar-refractivity contribution in [2.75, 3.05) is 23.3 Å². The van der Waals surface area contributed by atoms with Crippen LogP contribution in [0.2, 0.25) is 0 Å². The Morgan fingerprint density at radius 3 is 2.55 bits per heavy atom. The van der Waals surface area contributed by atoms with Gasteiger partial charge in [-0.25, -0.2) is 9.97 Å². The molecule has 1 aromatic carbocycles.